The zero-order valence-electron chi connectivity index (χ0n) is 25.1. The Labute approximate surface area is 258 Å². The van der Waals surface area contributed by atoms with Crippen LogP contribution in [0, 0.1) is 0 Å². The second kappa shape index (κ2) is 13.9. The Bertz CT molecular complexity index is 1410. The lowest BCUT2D eigenvalue weighted by Crippen LogP contribution is -2.48. The molecule has 2 saturated carbocycles. The Balaban J connectivity index is 1.37. The van der Waals surface area contributed by atoms with Crippen molar-refractivity contribution in [1.29, 1.82) is 0 Å². The highest BCUT2D eigenvalue weighted by Crippen LogP contribution is 2.38. The Hall–Kier alpha value is -2.80. The lowest BCUT2D eigenvalue weighted by Gasteiger charge is -2.40. The number of carbonyl (C=O) groups excluding carboxylic acids is 3. The highest BCUT2D eigenvalue weighted by Gasteiger charge is 2.38. The minimum atomic E-state index is -3.73. The number of hydrogen-bond acceptors (Lipinski definition) is 7. The van der Waals surface area contributed by atoms with E-state index < -0.39 is 27.7 Å². The molecular weight excluding hydrogens is 587 g/mol. The van der Waals surface area contributed by atoms with Crippen LogP contribution in [0.4, 0.5) is 5.00 Å². The van der Waals surface area contributed by atoms with Crippen LogP contribution < -0.4 is 16.2 Å². The summed E-state index contributed by atoms with van der Waals surface area (Å²) < 4.78 is 29.9. The SMILES string of the molecule is CCN1CCc2c(sc(NC(=O)c3ccc(S(=O)(=O)N(C4CCCCC4)C4CCCCC4)cc3)c2C(=O)NNC(C)=O)C1. The van der Waals surface area contributed by atoms with E-state index in [4.69, 9.17) is 0 Å². The maximum Gasteiger partial charge on any atom is 0.272 e. The van der Waals surface area contributed by atoms with Crippen molar-refractivity contribution in [2.45, 2.75) is 108 Å². The molecule has 1 aliphatic heterocycles. The number of amides is 3. The molecule has 0 spiro atoms. The minimum Gasteiger partial charge on any atom is -0.313 e. The number of likely N-dealkylation sites (N-methyl/N-ethyl adjacent to an activating group) is 1. The van der Waals surface area contributed by atoms with E-state index in [1.807, 2.05) is 4.31 Å². The largest absolute Gasteiger partial charge is 0.313 e. The maximum atomic E-state index is 14.0. The van der Waals surface area contributed by atoms with E-state index >= 15 is 0 Å². The van der Waals surface area contributed by atoms with Gasteiger partial charge in [0.1, 0.15) is 5.00 Å². The van der Waals surface area contributed by atoms with Crippen molar-refractivity contribution >= 4 is 44.1 Å². The topological polar surface area (TPSA) is 128 Å². The zero-order chi connectivity index (χ0) is 30.6. The maximum absolute atomic E-state index is 14.0. The number of hydrogen-bond donors (Lipinski definition) is 3. The summed E-state index contributed by atoms with van der Waals surface area (Å²) in [7, 11) is -3.73. The summed E-state index contributed by atoms with van der Waals surface area (Å²) in [5.74, 6) is -1.32. The van der Waals surface area contributed by atoms with Gasteiger partial charge < -0.3 is 5.32 Å². The lowest BCUT2D eigenvalue weighted by atomic mass is 9.91. The van der Waals surface area contributed by atoms with Crippen molar-refractivity contribution in [3.05, 3.63) is 45.8 Å². The quantitative estimate of drug-likeness (QED) is 0.360. The molecule has 10 nitrogen and oxygen atoms in total. The third-order valence-corrected chi connectivity index (χ3v) is 12.1. The molecule has 43 heavy (non-hydrogen) atoms. The molecule has 3 aliphatic rings. The van der Waals surface area contributed by atoms with Gasteiger partial charge in [-0.2, -0.15) is 4.31 Å². The molecule has 12 heteroatoms. The zero-order valence-corrected chi connectivity index (χ0v) is 26.7. The molecule has 0 saturated heterocycles. The normalized spacial score (nSPS) is 18.7. The second-order valence-corrected chi connectivity index (χ2v) is 14.8. The first-order chi connectivity index (χ1) is 20.7. The van der Waals surface area contributed by atoms with Gasteiger partial charge in [-0.1, -0.05) is 45.4 Å². The molecule has 3 N–H and O–H groups in total. The predicted molar refractivity (Wildman–Crippen MR) is 167 cm³/mol. The smallest absolute Gasteiger partial charge is 0.272 e. The molecule has 1 aromatic carbocycles. The molecule has 0 radical (unpaired) electrons. The first kappa shape index (κ1) is 31.6. The number of thiophene rings is 1. The van der Waals surface area contributed by atoms with Crippen LogP contribution in [-0.4, -0.2) is 60.5 Å². The summed E-state index contributed by atoms with van der Waals surface area (Å²) in [5, 5.41) is 3.31. The van der Waals surface area contributed by atoms with Gasteiger partial charge in [0.15, 0.2) is 0 Å². The van der Waals surface area contributed by atoms with Crippen LogP contribution in [0.25, 0.3) is 0 Å². The van der Waals surface area contributed by atoms with Crippen LogP contribution in [0.3, 0.4) is 0 Å². The molecule has 0 unspecified atom stereocenters. The van der Waals surface area contributed by atoms with E-state index in [1.54, 1.807) is 12.1 Å². The summed E-state index contributed by atoms with van der Waals surface area (Å²) >= 11 is 1.36. The van der Waals surface area contributed by atoms with Crippen molar-refractivity contribution in [3.8, 4) is 0 Å². The molecule has 0 bridgehead atoms. The number of fused-ring (bicyclic) bond motifs is 1. The standard InChI is InChI=1S/C31H43N5O5S2/c1-3-35-19-18-26-27(20-35)42-31(28(26)30(39)34-33-21(2)37)32-29(38)22-14-16-25(17-15-22)43(40,41)36(23-10-6-4-7-11-23)24-12-8-5-9-13-24/h14-17,23-24H,3-13,18-20H2,1-2H3,(H,32,38)(H,33,37)(H,34,39). The molecular formula is C31H43N5O5S2. The fourth-order valence-electron chi connectivity index (χ4n) is 6.70. The summed E-state index contributed by atoms with van der Waals surface area (Å²) in [4.78, 5) is 41.4. The summed E-state index contributed by atoms with van der Waals surface area (Å²) in [6.45, 7) is 5.73. The number of carbonyl (C=O) groups is 3. The molecule has 1 aromatic heterocycles. The number of rotatable bonds is 8. The minimum absolute atomic E-state index is 0.0281. The molecule has 2 fully saturated rings. The van der Waals surface area contributed by atoms with E-state index in [1.165, 1.54) is 30.4 Å². The Morgan fingerprint density at radius 3 is 2.07 bits per heavy atom. The first-order valence-electron chi connectivity index (χ1n) is 15.6. The Kier molecular flexibility index (Phi) is 10.2. The van der Waals surface area contributed by atoms with Gasteiger partial charge in [-0.15, -0.1) is 11.3 Å². The number of anilines is 1. The van der Waals surface area contributed by atoms with Crippen molar-refractivity contribution in [2.24, 2.45) is 0 Å². The van der Waals surface area contributed by atoms with Gasteiger partial charge in [0.2, 0.25) is 15.9 Å². The number of nitrogens with one attached hydrogen (secondary N) is 3. The highest BCUT2D eigenvalue weighted by atomic mass is 32.2. The molecule has 0 atom stereocenters. The van der Waals surface area contributed by atoms with E-state index in [0.29, 0.717) is 29.1 Å². The predicted octanol–water partition coefficient (Wildman–Crippen LogP) is 4.82. The van der Waals surface area contributed by atoms with Gasteiger partial charge in [-0.3, -0.25) is 30.1 Å². The molecule has 2 aliphatic carbocycles. The lowest BCUT2D eigenvalue weighted by molar-refractivity contribution is -0.119. The van der Waals surface area contributed by atoms with Gasteiger partial charge in [0.05, 0.1) is 10.5 Å². The van der Waals surface area contributed by atoms with Crippen LogP contribution in [0.1, 0.15) is 109 Å². The van der Waals surface area contributed by atoms with Crippen molar-refractivity contribution < 1.29 is 22.8 Å². The van der Waals surface area contributed by atoms with Gasteiger partial charge in [0.25, 0.3) is 11.8 Å². The number of hydrazine groups is 1. The Morgan fingerprint density at radius 1 is 0.907 bits per heavy atom. The highest BCUT2D eigenvalue weighted by molar-refractivity contribution is 7.89. The second-order valence-electron chi connectivity index (χ2n) is 11.9. The molecule has 3 amide bonds. The van der Waals surface area contributed by atoms with E-state index in [0.717, 1.165) is 87.7 Å². The van der Waals surface area contributed by atoms with E-state index in [-0.39, 0.29) is 17.0 Å². The number of sulfonamides is 1. The van der Waals surface area contributed by atoms with Gasteiger partial charge in [-0.25, -0.2) is 8.42 Å². The van der Waals surface area contributed by atoms with Crippen molar-refractivity contribution in [2.75, 3.05) is 18.4 Å². The molecule has 234 valence electrons. The van der Waals surface area contributed by atoms with Crippen LogP contribution >= 0.6 is 11.3 Å². The summed E-state index contributed by atoms with van der Waals surface area (Å²) in [5.41, 5.74) is 6.30. The third-order valence-electron chi connectivity index (χ3n) is 8.95. The summed E-state index contributed by atoms with van der Waals surface area (Å²) in [6, 6.07) is 6.22. The average molecular weight is 630 g/mol. The van der Waals surface area contributed by atoms with Crippen molar-refractivity contribution in [1.82, 2.24) is 20.1 Å². The third kappa shape index (κ3) is 7.13. The monoisotopic (exact) mass is 629 g/mol. The van der Waals surface area contributed by atoms with Gasteiger partial charge in [-0.05, 0) is 68.5 Å². The molecule has 5 rings (SSSR count). The summed E-state index contributed by atoms with van der Waals surface area (Å²) in [6.07, 6.45) is 10.8. The molecule has 2 heterocycles. The van der Waals surface area contributed by atoms with E-state index in [9.17, 15) is 22.8 Å². The fourth-order valence-corrected chi connectivity index (χ4v) is 9.91. The van der Waals surface area contributed by atoms with Crippen LogP contribution in [0.5, 0.6) is 0 Å². The van der Waals surface area contributed by atoms with Crippen molar-refractivity contribution in [3.63, 3.8) is 0 Å². The van der Waals surface area contributed by atoms with E-state index in [2.05, 4.69) is 28.0 Å². The molecule has 2 aromatic rings. The van der Waals surface area contributed by atoms with Crippen LogP contribution in [0.15, 0.2) is 29.2 Å². The van der Waals surface area contributed by atoms with Crippen LogP contribution in [0.2, 0.25) is 0 Å². The van der Waals surface area contributed by atoms with Crippen LogP contribution in [-0.2, 0) is 27.8 Å². The fraction of sp³-hybridized carbons (Fsp3) is 0.581. The van der Waals surface area contributed by atoms with Gasteiger partial charge >= 0.3 is 0 Å². The number of nitrogens with zero attached hydrogens (tertiary/aromatic N) is 2. The number of benzene rings is 1. The van der Waals surface area contributed by atoms with Gasteiger partial charge in [0, 0.05) is 42.5 Å². The average Bonchev–Trinajstić information content (AvgIpc) is 3.37. The first-order valence-corrected chi connectivity index (χ1v) is 17.8. The Morgan fingerprint density at radius 2 is 1.51 bits per heavy atom.